The summed E-state index contributed by atoms with van der Waals surface area (Å²) in [5.74, 6) is 1.45. The first-order valence-electron chi connectivity index (χ1n) is 11.5. The Morgan fingerprint density at radius 2 is 1.69 bits per heavy atom. The first kappa shape index (κ1) is 24.5. The van der Waals surface area contributed by atoms with E-state index in [-0.39, 0.29) is 5.78 Å². The highest BCUT2D eigenvalue weighted by molar-refractivity contribution is 7.17. The van der Waals surface area contributed by atoms with E-state index in [1.54, 1.807) is 21.1 Å². The maximum atomic E-state index is 12.9. The van der Waals surface area contributed by atoms with Crippen LogP contribution < -0.4 is 14.8 Å². The van der Waals surface area contributed by atoms with Gasteiger partial charge in [-0.3, -0.25) is 4.79 Å². The van der Waals surface area contributed by atoms with Gasteiger partial charge < -0.3 is 19.9 Å². The van der Waals surface area contributed by atoms with Crippen molar-refractivity contribution in [2.24, 2.45) is 0 Å². The zero-order chi connectivity index (χ0) is 24.8. The van der Waals surface area contributed by atoms with Crippen LogP contribution in [0, 0.1) is 0 Å². The monoisotopic (exact) mass is 487 g/mol. The molecule has 5 nitrogen and oxygen atoms in total. The lowest BCUT2D eigenvalue weighted by atomic mass is 10.1. The number of Topliss-reactive ketones (excluding diaryl/α,β-unsaturated/α-hetero) is 1. The van der Waals surface area contributed by atoms with E-state index < -0.39 is 6.10 Å². The average Bonchev–Trinajstić information content (AvgIpc) is 3.38. The van der Waals surface area contributed by atoms with Crippen molar-refractivity contribution in [1.82, 2.24) is 0 Å². The third-order valence-corrected chi connectivity index (χ3v) is 6.97. The van der Waals surface area contributed by atoms with Gasteiger partial charge in [-0.25, -0.2) is 0 Å². The second-order valence-corrected chi connectivity index (χ2v) is 9.33. The van der Waals surface area contributed by atoms with Crippen LogP contribution in [0.4, 0.5) is 11.4 Å². The molecule has 180 valence electrons. The number of methoxy groups -OCH3 is 2. The SMILES string of the molecule is COc1cccc(CCC(=O)c2ccc(-c3cccc(Nc4cccc(C(C)O)c4)c3)s2)c1OC. The van der Waals surface area contributed by atoms with Gasteiger partial charge in [-0.05, 0) is 72.5 Å². The summed E-state index contributed by atoms with van der Waals surface area (Å²) in [5.41, 5.74) is 4.71. The molecule has 0 saturated carbocycles. The van der Waals surface area contributed by atoms with Gasteiger partial charge in [-0.15, -0.1) is 11.3 Å². The Morgan fingerprint density at radius 3 is 2.43 bits per heavy atom. The van der Waals surface area contributed by atoms with Gasteiger partial charge >= 0.3 is 0 Å². The number of hydrogen-bond donors (Lipinski definition) is 2. The van der Waals surface area contributed by atoms with Gasteiger partial charge in [-0.2, -0.15) is 0 Å². The van der Waals surface area contributed by atoms with E-state index in [2.05, 4.69) is 11.4 Å². The Kier molecular flexibility index (Phi) is 7.85. The van der Waals surface area contributed by atoms with Crippen molar-refractivity contribution in [1.29, 1.82) is 0 Å². The number of benzene rings is 3. The molecular weight excluding hydrogens is 458 g/mol. The predicted molar refractivity (Wildman–Crippen MR) is 142 cm³/mol. The van der Waals surface area contributed by atoms with Crippen molar-refractivity contribution in [3.05, 3.63) is 94.9 Å². The fourth-order valence-electron chi connectivity index (χ4n) is 3.96. The highest BCUT2D eigenvalue weighted by atomic mass is 32.1. The summed E-state index contributed by atoms with van der Waals surface area (Å²) in [4.78, 5) is 14.7. The largest absolute Gasteiger partial charge is 0.493 e. The number of ether oxygens (including phenoxy) is 2. The number of aliphatic hydroxyl groups is 1. The lowest BCUT2D eigenvalue weighted by Crippen LogP contribution is -2.01. The van der Waals surface area contributed by atoms with Crippen molar-refractivity contribution in [3.8, 4) is 21.9 Å². The fraction of sp³-hybridized carbons (Fsp3) is 0.207. The number of nitrogens with one attached hydrogen (secondary N) is 1. The molecule has 2 N–H and O–H groups in total. The minimum Gasteiger partial charge on any atom is -0.493 e. The minimum atomic E-state index is -0.518. The molecule has 1 heterocycles. The smallest absolute Gasteiger partial charge is 0.173 e. The molecule has 0 amide bonds. The van der Waals surface area contributed by atoms with Crippen LogP contribution in [-0.2, 0) is 6.42 Å². The molecule has 0 spiro atoms. The second-order valence-electron chi connectivity index (χ2n) is 8.25. The Hall–Kier alpha value is -3.61. The predicted octanol–water partition coefficient (Wildman–Crippen LogP) is 7.04. The van der Waals surface area contributed by atoms with E-state index in [0.29, 0.717) is 24.3 Å². The number of anilines is 2. The molecule has 1 atom stereocenters. The van der Waals surface area contributed by atoms with E-state index in [1.807, 2.05) is 72.8 Å². The van der Waals surface area contributed by atoms with Gasteiger partial charge in [0.2, 0.25) is 0 Å². The van der Waals surface area contributed by atoms with Crippen LogP contribution in [-0.4, -0.2) is 25.1 Å². The first-order chi connectivity index (χ1) is 17.0. The molecule has 6 heteroatoms. The number of thiophene rings is 1. The Labute approximate surface area is 210 Å². The van der Waals surface area contributed by atoms with Gasteiger partial charge in [0.05, 0.1) is 25.2 Å². The number of carbonyl (C=O) groups excluding carboxylic acids is 1. The van der Waals surface area contributed by atoms with Crippen LogP contribution >= 0.6 is 11.3 Å². The molecule has 4 aromatic rings. The molecule has 35 heavy (non-hydrogen) atoms. The van der Waals surface area contributed by atoms with Crippen molar-refractivity contribution in [2.45, 2.75) is 25.9 Å². The van der Waals surface area contributed by atoms with Crippen LogP contribution in [0.15, 0.2) is 78.9 Å². The Balaban J connectivity index is 1.45. The van der Waals surface area contributed by atoms with Crippen LogP contribution in [0.1, 0.15) is 40.2 Å². The molecule has 0 aliphatic rings. The number of ketones is 1. The molecule has 0 fully saturated rings. The molecule has 0 aliphatic heterocycles. The van der Waals surface area contributed by atoms with Crippen molar-refractivity contribution >= 4 is 28.5 Å². The van der Waals surface area contributed by atoms with E-state index in [0.717, 1.165) is 37.8 Å². The summed E-state index contributed by atoms with van der Waals surface area (Å²) < 4.78 is 10.8. The summed E-state index contributed by atoms with van der Waals surface area (Å²) >= 11 is 1.50. The van der Waals surface area contributed by atoms with Crippen LogP contribution in [0.25, 0.3) is 10.4 Å². The third-order valence-electron chi connectivity index (χ3n) is 5.79. The maximum absolute atomic E-state index is 12.9. The molecule has 1 unspecified atom stereocenters. The molecule has 0 aliphatic carbocycles. The summed E-state index contributed by atoms with van der Waals surface area (Å²) in [7, 11) is 3.22. The van der Waals surface area contributed by atoms with Gasteiger partial charge in [0.1, 0.15) is 0 Å². The normalized spacial score (nSPS) is 11.7. The van der Waals surface area contributed by atoms with Gasteiger partial charge in [0.25, 0.3) is 0 Å². The minimum absolute atomic E-state index is 0.107. The molecule has 4 rings (SSSR count). The van der Waals surface area contributed by atoms with Crippen LogP contribution in [0.3, 0.4) is 0 Å². The summed E-state index contributed by atoms with van der Waals surface area (Å²) in [5, 5.41) is 13.2. The van der Waals surface area contributed by atoms with Gasteiger partial charge in [0.15, 0.2) is 17.3 Å². The topological polar surface area (TPSA) is 67.8 Å². The molecule has 0 radical (unpaired) electrons. The molecule has 3 aromatic carbocycles. The van der Waals surface area contributed by atoms with Crippen molar-refractivity contribution < 1.29 is 19.4 Å². The molecule has 0 saturated heterocycles. The molecule has 1 aromatic heterocycles. The maximum Gasteiger partial charge on any atom is 0.173 e. The first-order valence-corrected chi connectivity index (χ1v) is 12.3. The zero-order valence-corrected chi connectivity index (χ0v) is 20.9. The standard InChI is InChI=1S/C29H29NO4S/c1-19(31)21-8-4-10-23(17-21)30-24-11-5-9-22(18-24)27-15-16-28(35-27)25(32)14-13-20-7-6-12-26(33-2)29(20)34-3/h4-12,15-19,30-31H,13-14H2,1-3H3. The number of carbonyl (C=O) groups is 1. The summed E-state index contributed by atoms with van der Waals surface area (Å²) in [6, 6.07) is 25.5. The Bertz CT molecular complexity index is 1310. The number of rotatable bonds is 10. The quantitative estimate of drug-likeness (QED) is 0.235. The summed E-state index contributed by atoms with van der Waals surface area (Å²) in [6.45, 7) is 1.75. The van der Waals surface area contributed by atoms with Crippen LogP contribution in [0.2, 0.25) is 0 Å². The van der Waals surface area contributed by atoms with E-state index in [4.69, 9.17) is 9.47 Å². The van der Waals surface area contributed by atoms with Crippen molar-refractivity contribution in [2.75, 3.05) is 19.5 Å². The number of para-hydroxylation sites is 1. The van der Waals surface area contributed by atoms with E-state index >= 15 is 0 Å². The third kappa shape index (κ3) is 5.91. The molecule has 0 bridgehead atoms. The van der Waals surface area contributed by atoms with E-state index in [1.165, 1.54) is 11.3 Å². The highest BCUT2D eigenvalue weighted by Gasteiger charge is 2.14. The van der Waals surface area contributed by atoms with Crippen molar-refractivity contribution in [3.63, 3.8) is 0 Å². The highest BCUT2D eigenvalue weighted by Crippen LogP contribution is 2.34. The number of aryl methyl sites for hydroxylation is 1. The fourth-order valence-corrected chi connectivity index (χ4v) is 4.93. The van der Waals surface area contributed by atoms with Gasteiger partial charge in [0, 0.05) is 22.7 Å². The van der Waals surface area contributed by atoms with Gasteiger partial charge in [-0.1, -0.05) is 36.4 Å². The average molecular weight is 488 g/mol. The lowest BCUT2D eigenvalue weighted by Gasteiger charge is -2.12. The number of hydrogen-bond acceptors (Lipinski definition) is 6. The lowest BCUT2D eigenvalue weighted by molar-refractivity contribution is 0.0986. The molecular formula is C29H29NO4S. The van der Waals surface area contributed by atoms with Crippen LogP contribution in [0.5, 0.6) is 11.5 Å². The zero-order valence-electron chi connectivity index (χ0n) is 20.1. The number of aliphatic hydroxyl groups excluding tert-OH is 1. The van der Waals surface area contributed by atoms with E-state index in [9.17, 15) is 9.90 Å². The Morgan fingerprint density at radius 1 is 0.943 bits per heavy atom. The summed E-state index contributed by atoms with van der Waals surface area (Å²) in [6.07, 6.45) is 0.456. The second kappa shape index (κ2) is 11.2.